The smallest absolute Gasteiger partial charge is 0.238 e. The first kappa shape index (κ1) is 15.5. The van der Waals surface area contributed by atoms with Gasteiger partial charge in [-0.2, -0.15) is 0 Å². The molecule has 1 aromatic rings. The number of amides is 1. The van der Waals surface area contributed by atoms with Crippen LogP contribution in [-0.4, -0.2) is 21.4 Å². The fraction of sp³-hybridized carbons (Fsp3) is 0.357. The first-order valence-corrected chi connectivity index (χ1v) is 8.12. The van der Waals surface area contributed by atoms with Crippen molar-refractivity contribution in [1.82, 2.24) is 0 Å². The lowest BCUT2D eigenvalue weighted by atomic mass is 10.1. The van der Waals surface area contributed by atoms with Crippen LogP contribution in [-0.2, 0) is 14.8 Å². The highest BCUT2D eigenvalue weighted by molar-refractivity contribution is 7.89. The summed E-state index contributed by atoms with van der Waals surface area (Å²) >= 11 is 0. The van der Waals surface area contributed by atoms with Crippen LogP contribution in [0.25, 0.3) is 0 Å². The number of methoxy groups -OCH3 is 1. The number of carbonyl (C=O) groups is 1. The third-order valence-electron chi connectivity index (χ3n) is 3.33. The van der Waals surface area contributed by atoms with Gasteiger partial charge < -0.3 is 10.1 Å². The summed E-state index contributed by atoms with van der Waals surface area (Å²) in [5.41, 5.74) is 0.302. The Labute approximate surface area is 124 Å². The molecule has 21 heavy (non-hydrogen) atoms. The molecule has 0 fully saturated rings. The van der Waals surface area contributed by atoms with Crippen molar-refractivity contribution in [2.75, 3.05) is 12.4 Å². The Morgan fingerprint density at radius 2 is 2.24 bits per heavy atom. The predicted molar refractivity (Wildman–Crippen MR) is 79.5 cm³/mol. The molecule has 2 rings (SSSR count). The molecule has 0 saturated carbocycles. The second-order valence-electron chi connectivity index (χ2n) is 4.92. The second-order valence-corrected chi connectivity index (χ2v) is 6.49. The maximum atomic E-state index is 12.0. The van der Waals surface area contributed by atoms with Crippen molar-refractivity contribution >= 4 is 21.6 Å². The first-order valence-electron chi connectivity index (χ1n) is 6.57. The number of anilines is 1. The van der Waals surface area contributed by atoms with Crippen molar-refractivity contribution in [2.24, 2.45) is 11.1 Å². The number of primary sulfonamides is 1. The minimum atomic E-state index is -3.83. The van der Waals surface area contributed by atoms with Crippen molar-refractivity contribution in [2.45, 2.75) is 24.2 Å². The molecular weight excluding hydrogens is 292 g/mol. The van der Waals surface area contributed by atoms with Gasteiger partial charge >= 0.3 is 0 Å². The Morgan fingerprint density at radius 1 is 1.48 bits per heavy atom. The Morgan fingerprint density at radius 3 is 2.81 bits per heavy atom. The molecule has 1 aliphatic rings. The van der Waals surface area contributed by atoms with Crippen molar-refractivity contribution in [3.63, 3.8) is 0 Å². The summed E-state index contributed by atoms with van der Waals surface area (Å²) in [6.07, 6.45) is 6.39. The summed E-state index contributed by atoms with van der Waals surface area (Å²) in [7, 11) is -2.38. The number of sulfonamides is 1. The fourth-order valence-corrected chi connectivity index (χ4v) is 2.81. The van der Waals surface area contributed by atoms with Gasteiger partial charge in [0.15, 0.2) is 0 Å². The molecule has 0 radical (unpaired) electrons. The molecular formula is C14H18N2O4S. The number of nitrogens with one attached hydrogen (secondary N) is 1. The van der Waals surface area contributed by atoms with E-state index < -0.39 is 10.0 Å². The topological polar surface area (TPSA) is 98.5 Å². The summed E-state index contributed by atoms with van der Waals surface area (Å²) in [6, 6.07) is 4.10. The largest absolute Gasteiger partial charge is 0.495 e. The fourth-order valence-electron chi connectivity index (χ4n) is 2.27. The Balaban J connectivity index is 2.17. The average molecular weight is 310 g/mol. The number of benzene rings is 1. The highest BCUT2D eigenvalue weighted by Gasteiger charge is 2.17. The number of hydrogen-bond acceptors (Lipinski definition) is 4. The van der Waals surface area contributed by atoms with Crippen LogP contribution < -0.4 is 15.2 Å². The van der Waals surface area contributed by atoms with Gasteiger partial charge in [-0.1, -0.05) is 12.2 Å². The van der Waals surface area contributed by atoms with Crippen LogP contribution in [0.4, 0.5) is 5.69 Å². The van der Waals surface area contributed by atoms with Gasteiger partial charge in [0.05, 0.1) is 17.7 Å². The van der Waals surface area contributed by atoms with E-state index in [2.05, 4.69) is 11.4 Å². The summed E-state index contributed by atoms with van der Waals surface area (Å²) < 4.78 is 27.8. The first-order chi connectivity index (χ1) is 9.90. The van der Waals surface area contributed by atoms with Crippen molar-refractivity contribution in [3.05, 3.63) is 30.4 Å². The van der Waals surface area contributed by atoms with Crippen LogP contribution in [0, 0.1) is 5.92 Å². The molecule has 1 atom stereocenters. The lowest BCUT2D eigenvalue weighted by Gasteiger charge is -2.13. The zero-order valence-electron chi connectivity index (χ0n) is 11.7. The highest BCUT2D eigenvalue weighted by Crippen LogP contribution is 2.28. The molecule has 1 amide bonds. The van der Waals surface area contributed by atoms with E-state index in [-0.39, 0.29) is 16.7 Å². The molecule has 0 aliphatic heterocycles. The maximum Gasteiger partial charge on any atom is 0.238 e. The van der Waals surface area contributed by atoms with Crippen LogP contribution >= 0.6 is 0 Å². The molecule has 114 valence electrons. The van der Waals surface area contributed by atoms with Crippen molar-refractivity contribution < 1.29 is 17.9 Å². The molecule has 3 N–H and O–H groups in total. The van der Waals surface area contributed by atoms with Gasteiger partial charge in [-0.3, -0.25) is 4.79 Å². The van der Waals surface area contributed by atoms with E-state index in [0.29, 0.717) is 17.9 Å². The van der Waals surface area contributed by atoms with Crippen molar-refractivity contribution in [3.8, 4) is 5.75 Å². The lowest BCUT2D eigenvalue weighted by molar-refractivity contribution is -0.116. The van der Waals surface area contributed by atoms with E-state index in [1.54, 1.807) is 0 Å². The molecule has 7 heteroatoms. The maximum absolute atomic E-state index is 12.0. The van der Waals surface area contributed by atoms with Gasteiger partial charge in [0, 0.05) is 6.42 Å². The number of hydrogen-bond donors (Lipinski definition) is 2. The van der Waals surface area contributed by atoms with Gasteiger partial charge in [-0.05, 0) is 37.0 Å². The molecule has 0 saturated heterocycles. The normalized spacial score (nSPS) is 17.7. The molecule has 1 aliphatic carbocycles. The van der Waals surface area contributed by atoms with E-state index in [0.717, 1.165) is 12.8 Å². The van der Waals surface area contributed by atoms with Gasteiger partial charge in [0.1, 0.15) is 5.75 Å². The number of carbonyl (C=O) groups excluding carboxylic acids is 1. The number of nitrogens with two attached hydrogens (primary N) is 1. The van der Waals surface area contributed by atoms with Crippen LogP contribution in [0.3, 0.4) is 0 Å². The van der Waals surface area contributed by atoms with E-state index in [9.17, 15) is 13.2 Å². The average Bonchev–Trinajstić information content (AvgIpc) is 2.90. The number of allylic oxidation sites excluding steroid dienone is 2. The van der Waals surface area contributed by atoms with Gasteiger partial charge in [0.25, 0.3) is 0 Å². The Hall–Kier alpha value is -1.86. The van der Waals surface area contributed by atoms with E-state index in [4.69, 9.17) is 9.88 Å². The van der Waals surface area contributed by atoms with Crippen LogP contribution in [0.1, 0.15) is 19.3 Å². The molecule has 0 heterocycles. The standard InChI is InChI=1S/C14H18N2O4S/c1-20-13-7-6-11(21(15,18)19)9-12(13)16-14(17)8-10-4-2-3-5-10/h2,4,6-7,9-10H,3,5,8H2,1H3,(H,16,17)(H2,15,18,19). The van der Waals surface area contributed by atoms with Gasteiger partial charge in [-0.25, -0.2) is 13.6 Å². The molecule has 0 aromatic heterocycles. The molecule has 1 unspecified atom stereocenters. The molecule has 0 spiro atoms. The third-order valence-corrected chi connectivity index (χ3v) is 4.24. The van der Waals surface area contributed by atoms with E-state index >= 15 is 0 Å². The lowest BCUT2D eigenvalue weighted by Crippen LogP contribution is -2.17. The minimum Gasteiger partial charge on any atom is -0.495 e. The number of ether oxygens (including phenoxy) is 1. The van der Waals surface area contributed by atoms with Crippen LogP contribution in [0.2, 0.25) is 0 Å². The van der Waals surface area contributed by atoms with Crippen LogP contribution in [0.15, 0.2) is 35.2 Å². The van der Waals surface area contributed by atoms with Gasteiger partial charge in [-0.15, -0.1) is 0 Å². The highest BCUT2D eigenvalue weighted by atomic mass is 32.2. The Bertz CT molecular complexity index is 668. The molecule has 1 aromatic carbocycles. The number of rotatable bonds is 5. The minimum absolute atomic E-state index is 0.0700. The Kier molecular flexibility index (Phi) is 4.64. The summed E-state index contributed by atoms with van der Waals surface area (Å²) in [5.74, 6) is 0.437. The monoisotopic (exact) mass is 310 g/mol. The van der Waals surface area contributed by atoms with Crippen molar-refractivity contribution in [1.29, 1.82) is 0 Å². The predicted octanol–water partition coefficient (Wildman–Crippen LogP) is 1.64. The molecule has 0 bridgehead atoms. The SMILES string of the molecule is COc1ccc(S(N)(=O)=O)cc1NC(=O)CC1C=CCC1. The quantitative estimate of drug-likeness (QED) is 0.808. The summed E-state index contributed by atoms with van der Waals surface area (Å²) in [4.78, 5) is 11.9. The second kappa shape index (κ2) is 6.28. The van der Waals surface area contributed by atoms with E-state index in [1.165, 1.54) is 25.3 Å². The van der Waals surface area contributed by atoms with E-state index in [1.807, 2.05) is 6.08 Å². The zero-order valence-corrected chi connectivity index (χ0v) is 12.5. The summed E-state index contributed by atoms with van der Waals surface area (Å²) in [6.45, 7) is 0. The van der Waals surface area contributed by atoms with Crippen LogP contribution in [0.5, 0.6) is 5.75 Å². The molecule has 6 nitrogen and oxygen atoms in total. The summed E-state index contributed by atoms with van der Waals surface area (Å²) in [5, 5.41) is 7.77. The third kappa shape index (κ3) is 4.05. The van der Waals surface area contributed by atoms with Gasteiger partial charge in [0.2, 0.25) is 15.9 Å². The zero-order chi connectivity index (χ0) is 15.5.